The molecule has 8 heteroatoms. The predicted octanol–water partition coefficient (Wildman–Crippen LogP) is 3.82. The Kier molecular flexibility index (Phi) is 13.1. The fourth-order valence-electron chi connectivity index (χ4n) is 5.74. The molecule has 0 amide bonds. The first-order chi connectivity index (χ1) is 16.1. The maximum atomic E-state index is 10.5. The number of carbonyl (C=O) groups is 1. The van der Waals surface area contributed by atoms with Gasteiger partial charge in [-0.05, 0) is 64.3 Å². The van der Waals surface area contributed by atoms with Gasteiger partial charge in [0.15, 0.2) is 6.29 Å². The smallest absolute Gasteiger partial charge is 0.293 e. The maximum Gasteiger partial charge on any atom is 0.293 e. The Bertz CT molecular complexity index is 616. The Balaban J connectivity index is 2.63. The molecule has 0 aromatic carbocycles. The summed E-state index contributed by atoms with van der Waals surface area (Å²) in [5.74, 6) is 1.49. The molecule has 0 aromatic heterocycles. The van der Waals surface area contributed by atoms with E-state index in [0.29, 0.717) is 30.2 Å². The Labute approximate surface area is 213 Å². The molecule has 0 radical (unpaired) electrons. The van der Waals surface area contributed by atoms with Gasteiger partial charge in [0.25, 0.3) is 6.47 Å². The zero-order valence-corrected chi connectivity index (χ0v) is 23.8. The lowest BCUT2D eigenvalue weighted by atomic mass is 9.83. The van der Waals surface area contributed by atoms with E-state index >= 15 is 0 Å². The highest BCUT2D eigenvalue weighted by Crippen LogP contribution is 2.35. The van der Waals surface area contributed by atoms with Crippen LogP contribution >= 0.6 is 0 Å². The molecular weight excluding hydrogens is 450 g/mol. The number of methoxy groups -OCH3 is 1. The van der Waals surface area contributed by atoms with Crippen molar-refractivity contribution in [1.29, 1.82) is 0 Å². The first kappa shape index (κ1) is 32.3. The van der Waals surface area contributed by atoms with Crippen molar-refractivity contribution in [3.8, 4) is 0 Å². The van der Waals surface area contributed by atoms with Crippen LogP contribution in [0.2, 0.25) is 0 Å². The highest BCUT2D eigenvalue weighted by Gasteiger charge is 2.39. The van der Waals surface area contributed by atoms with Crippen LogP contribution in [-0.4, -0.2) is 84.8 Å². The molecule has 0 spiro atoms. The number of nitrogens with zero attached hydrogens (tertiary/aromatic N) is 1. The summed E-state index contributed by atoms with van der Waals surface area (Å²) >= 11 is 0. The summed E-state index contributed by atoms with van der Waals surface area (Å²) in [5, 5.41) is 20.9. The van der Waals surface area contributed by atoms with Gasteiger partial charge < -0.3 is 29.2 Å². The summed E-state index contributed by atoms with van der Waals surface area (Å²) in [5.41, 5.74) is -1.76. The van der Waals surface area contributed by atoms with Crippen molar-refractivity contribution in [2.45, 2.75) is 117 Å². The van der Waals surface area contributed by atoms with E-state index in [-0.39, 0.29) is 37.2 Å². The van der Waals surface area contributed by atoms with Crippen molar-refractivity contribution >= 4 is 6.47 Å². The molecule has 0 bridgehead atoms. The van der Waals surface area contributed by atoms with Crippen molar-refractivity contribution in [3.05, 3.63) is 0 Å². The molecular formula is C27H53NO7. The second-order valence-electron chi connectivity index (χ2n) is 12.0. The van der Waals surface area contributed by atoms with E-state index in [2.05, 4.69) is 53.2 Å². The quantitative estimate of drug-likeness (QED) is 0.242. The van der Waals surface area contributed by atoms with Gasteiger partial charge in [0.1, 0.15) is 18.4 Å². The Morgan fingerprint density at radius 3 is 2.34 bits per heavy atom. The van der Waals surface area contributed by atoms with Crippen LogP contribution in [0.5, 0.6) is 0 Å². The monoisotopic (exact) mass is 503 g/mol. The largest absolute Gasteiger partial charge is 0.465 e. The van der Waals surface area contributed by atoms with E-state index in [4.69, 9.17) is 14.2 Å². The number of carbonyl (C=O) groups excluding carboxylic acids is 1. The van der Waals surface area contributed by atoms with Crippen LogP contribution in [0.1, 0.15) is 81.1 Å². The number of likely N-dealkylation sites (N-methyl/N-ethyl adjacent to an activating group) is 1. The molecule has 1 heterocycles. The Morgan fingerprint density at radius 1 is 1.17 bits per heavy atom. The summed E-state index contributed by atoms with van der Waals surface area (Å²) < 4.78 is 23.1. The fraction of sp³-hybridized carbons (Fsp3) is 0.963. The third kappa shape index (κ3) is 10.6. The molecule has 2 N–H and O–H groups in total. The SMILES string of the molecule is CO[C@]1(C)C[C@H](O[C@H](C(C)C)[C@H](C)C[C@@H](C)C[C@@H](C)CN(C)[C@@H](O)[C@](C)(O)COC=O)O[C@@H](C)C1. The average Bonchev–Trinajstić information content (AvgIpc) is 2.74. The van der Waals surface area contributed by atoms with Gasteiger partial charge in [0.05, 0.1) is 17.8 Å². The number of hydrogen-bond acceptors (Lipinski definition) is 8. The third-order valence-corrected chi connectivity index (χ3v) is 7.32. The van der Waals surface area contributed by atoms with Gasteiger partial charge in [-0.3, -0.25) is 9.69 Å². The highest BCUT2D eigenvalue weighted by molar-refractivity contribution is 5.37. The third-order valence-electron chi connectivity index (χ3n) is 7.32. The summed E-state index contributed by atoms with van der Waals surface area (Å²) in [6.45, 7) is 17.4. The van der Waals surface area contributed by atoms with E-state index in [1.807, 2.05) is 0 Å². The van der Waals surface area contributed by atoms with Gasteiger partial charge >= 0.3 is 0 Å². The summed E-state index contributed by atoms with van der Waals surface area (Å²) in [6, 6.07) is 0. The molecule has 9 atom stereocenters. The van der Waals surface area contributed by atoms with E-state index in [1.165, 1.54) is 6.92 Å². The second kappa shape index (κ2) is 14.2. The molecule has 8 nitrogen and oxygen atoms in total. The van der Waals surface area contributed by atoms with E-state index in [9.17, 15) is 15.0 Å². The molecule has 0 saturated carbocycles. The zero-order chi connectivity index (χ0) is 27.0. The van der Waals surface area contributed by atoms with Crippen LogP contribution in [0, 0.1) is 23.7 Å². The molecule has 35 heavy (non-hydrogen) atoms. The summed E-state index contributed by atoms with van der Waals surface area (Å²) in [6.07, 6.45) is 2.38. The van der Waals surface area contributed by atoms with Crippen LogP contribution in [0.15, 0.2) is 0 Å². The minimum Gasteiger partial charge on any atom is -0.465 e. The average molecular weight is 504 g/mol. The minimum absolute atomic E-state index is 0.0848. The Hall–Kier alpha value is -0.770. The van der Waals surface area contributed by atoms with Crippen molar-refractivity contribution in [1.82, 2.24) is 4.90 Å². The van der Waals surface area contributed by atoms with E-state index in [1.54, 1.807) is 19.1 Å². The summed E-state index contributed by atoms with van der Waals surface area (Å²) in [4.78, 5) is 12.2. The maximum absolute atomic E-state index is 10.5. The Morgan fingerprint density at radius 2 is 1.80 bits per heavy atom. The molecule has 1 rings (SSSR count). The standard InChI is InChI=1S/C27H53NO7/c1-18(2)24(35-23-14-26(7,32-10)13-22(6)34-23)21(5)12-19(3)11-20(4)15-28(9)25(30)27(8,31)16-33-17-29/h17-25,30-31H,11-16H2,1-10H3/t19-,20+,21+,22-,23-,24+,25-,26-,27+/m0/s1. The van der Waals surface area contributed by atoms with Crippen molar-refractivity contribution < 1.29 is 34.0 Å². The van der Waals surface area contributed by atoms with Gasteiger partial charge in [-0.2, -0.15) is 0 Å². The van der Waals surface area contributed by atoms with Crippen LogP contribution in [0.3, 0.4) is 0 Å². The number of aliphatic hydroxyl groups is 2. The predicted molar refractivity (Wildman–Crippen MR) is 137 cm³/mol. The molecule has 1 fully saturated rings. The van der Waals surface area contributed by atoms with Crippen LogP contribution < -0.4 is 0 Å². The summed E-state index contributed by atoms with van der Waals surface area (Å²) in [7, 11) is 3.53. The van der Waals surface area contributed by atoms with Crippen molar-refractivity contribution in [3.63, 3.8) is 0 Å². The number of hydrogen-bond donors (Lipinski definition) is 2. The topological polar surface area (TPSA) is 97.7 Å². The first-order valence-corrected chi connectivity index (χ1v) is 13.2. The lowest BCUT2D eigenvalue weighted by Gasteiger charge is -2.42. The van der Waals surface area contributed by atoms with Gasteiger partial charge in [-0.1, -0.05) is 34.6 Å². The van der Waals surface area contributed by atoms with E-state index in [0.717, 1.165) is 25.7 Å². The van der Waals surface area contributed by atoms with Gasteiger partial charge in [0.2, 0.25) is 0 Å². The zero-order valence-electron chi connectivity index (χ0n) is 23.8. The lowest BCUT2D eigenvalue weighted by molar-refractivity contribution is -0.263. The molecule has 0 aliphatic carbocycles. The van der Waals surface area contributed by atoms with Gasteiger partial charge in [0, 0.05) is 26.5 Å². The fourth-order valence-corrected chi connectivity index (χ4v) is 5.74. The lowest BCUT2D eigenvalue weighted by Crippen LogP contribution is -2.53. The normalized spacial score (nSPS) is 29.3. The van der Waals surface area contributed by atoms with E-state index < -0.39 is 11.8 Å². The highest BCUT2D eigenvalue weighted by atomic mass is 16.7. The van der Waals surface area contributed by atoms with Crippen LogP contribution in [-0.2, 0) is 23.7 Å². The molecule has 1 aliphatic heterocycles. The first-order valence-electron chi connectivity index (χ1n) is 13.2. The molecule has 0 aromatic rings. The number of aliphatic hydroxyl groups excluding tert-OH is 1. The van der Waals surface area contributed by atoms with Crippen molar-refractivity contribution in [2.24, 2.45) is 23.7 Å². The van der Waals surface area contributed by atoms with Crippen LogP contribution in [0.4, 0.5) is 0 Å². The molecule has 1 saturated heterocycles. The van der Waals surface area contributed by atoms with Gasteiger partial charge in [-0.25, -0.2) is 0 Å². The molecule has 208 valence electrons. The minimum atomic E-state index is -1.53. The van der Waals surface area contributed by atoms with Crippen molar-refractivity contribution in [2.75, 3.05) is 27.3 Å². The van der Waals surface area contributed by atoms with Gasteiger partial charge in [-0.15, -0.1) is 0 Å². The number of rotatable bonds is 16. The second-order valence-corrected chi connectivity index (χ2v) is 12.0. The van der Waals surface area contributed by atoms with Crippen LogP contribution in [0.25, 0.3) is 0 Å². The number of ether oxygens (including phenoxy) is 4. The molecule has 1 aliphatic rings. The molecule has 0 unspecified atom stereocenters.